The van der Waals surface area contributed by atoms with Crippen molar-refractivity contribution in [1.82, 2.24) is 19.9 Å². The molecule has 1 atom stereocenters. The Hall–Kier alpha value is -1.16. The fraction of sp³-hybridized carbons (Fsp3) is 0.556. The van der Waals surface area contributed by atoms with E-state index in [0.717, 1.165) is 26.1 Å². The summed E-state index contributed by atoms with van der Waals surface area (Å²) in [6.45, 7) is 6.91. The van der Waals surface area contributed by atoms with Crippen LogP contribution in [0.5, 0.6) is 0 Å². The molecule has 13 heavy (non-hydrogen) atoms. The zero-order valence-electron chi connectivity index (χ0n) is 7.63. The van der Waals surface area contributed by atoms with E-state index in [0.29, 0.717) is 6.04 Å². The second kappa shape index (κ2) is 3.70. The minimum atomic E-state index is 0.502. The second-order valence-electron chi connectivity index (χ2n) is 3.37. The van der Waals surface area contributed by atoms with Crippen molar-refractivity contribution in [2.45, 2.75) is 12.5 Å². The summed E-state index contributed by atoms with van der Waals surface area (Å²) in [6.07, 6.45) is 6.78. The van der Waals surface area contributed by atoms with Gasteiger partial charge >= 0.3 is 0 Å². The standard InChI is InChI=1S/C9H14N4/c1-2-5-12-6-3-9(8-12)13-7-4-10-11-13/h2,4,7,9H,1,3,5-6,8H2. The van der Waals surface area contributed by atoms with Crippen LogP contribution >= 0.6 is 0 Å². The molecule has 0 radical (unpaired) electrons. The van der Waals surface area contributed by atoms with E-state index < -0.39 is 0 Å². The number of hydrogen-bond donors (Lipinski definition) is 0. The molecule has 2 rings (SSSR count). The van der Waals surface area contributed by atoms with Gasteiger partial charge in [0.25, 0.3) is 0 Å². The zero-order chi connectivity index (χ0) is 9.10. The van der Waals surface area contributed by atoms with Gasteiger partial charge in [-0.15, -0.1) is 11.7 Å². The SMILES string of the molecule is C=CCN1CCC(n2ccnn2)C1. The van der Waals surface area contributed by atoms with Gasteiger partial charge < -0.3 is 0 Å². The van der Waals surface area contributed by atoms with Gasteiger partial charge in [0, 0.05) is 25.8 Å². The summed E-state index contributed by atoms with van der Waals surface area (Å²) in [5.74, 6) is 0. The highest BCUT2D eigenvalue weighted by Gasteiger charge is 2.22. The van der Waals surface area contributed by atoms with Crippen molar-refractivity contribution < 1.29 is 0 Å². The Labute approximate surface area is 77.8 Å². The number of nitrogens with zero attached hydrogens (tertiary/aromatic N) is 4. The summed E-state index contributed by atoms with van der Waals surface area (Å²) >= 11 is 0. The van der Waals surface area contributed by atoms with Crippen LogP contribution in [-0.4, -0.2) is 39.5 Å². The minimum Gasteiger partial charge on any atom is -0.297 e. The summed E-state index contributed by atoms with van der Waals surface area (Å²) in [5.41, 5.74) is 0. The van der Waals surface area contributed by atoms with Crippen molar-refractivity contribution >= 4 is 0 Å². The fourth-order valence-corrected chi connectivity index (χ4v) is 1.79. The first-order valence-corrected chi connectivity index (χ1v) is 4.59. The zero-order valence-corrected chi connectivity index (χ0v) is 7.63. The van der Waals surface area contributed by atoms with Gasteiger partial charge in [-0.3, -0.25) is 4.90 Å². The maximum atomic E-state index is 4.01. The third-order valence-electron chi connectivity index (χ3n) is 2.45. The van der Waals surface area contributed by atoms with Gasteiger partial charge in [0.15, 0.2) is 0 Å². The topological polar surface area (TPSA) is 34.0 Å². The molecule has 1 unspecified atom stereocenters. The van der Waals surface area contributed by atoms with Crippen molar-refractivity contribution in [2.24, 2.45) is 0 Å². The molecule has 0 bridgehead atoms. The molecular weight excluding hydrogens is 164 g/mol. The fourth-order valence-electron chi connectivity index (χ4n) is 1.79. The van der Waals surface area contributed by atoms with Crippen LogP contribution in [-0.2, 0) is 0 Å². The summed E-state index contributed by atoms with van der Waals surface area (Å²) < 4.78 is 1.95. The molecule has 0 aromatic carbocycles. The lowest BCUT2D eigenvalue weighted by Crippen LogP contribution is -2.21. The largest absolute Gasteiger partial charge is 0.297 e. The Balaban J connectivity index is 1.95. The van der Waals surface area contributed by atoms with E-state index in [4.69, 9.17) is 0 Å². The van der Waals surface area contributed by atoms with Gasteiger partial charge in [0.2, 0.25) is 0 Å². The first-order valence-electron chi connectivity index (χ1n) is 4.59. The molecule has 1 fully saturated rings. The summed E-state index contributed by atoms with van der Waals surface area (Å²) in [5, 5.41) is 7.82. The molecule has 0 aliphatic carbocycles. The lowest BCUT2D eigenvalue weighted by atomic mass is 10.3. The second-order valence-corrected chi connectivity index (χ2v) is 3.37. The summed E-state index contributed by atoms with van der Waals surface area (Å²) in [6, 6.07) is 0.502. The molecule has 1 aliphatic rings. The molecule has 1 saturated heterocycles. The van der Waals surface area contributed by atoms with Gasteiger partial charge in [-0.25, -0.2) is 4.68 Å². The molecule has 0 spiro atoms. The number of hydrogen-bond acceptors (Lipinski definition) is 3. The Morgan fingerprint density at radius 1 is 1.62 bits per heavy atom. The molecule has 0 saturated carbocycles. The minimum absolute atomic E-state index is 0.502. The smallest absolute Gasteiger partial charge is 0.0693 e. The Bertz CT molecular complexity index is 267. The van der Waals surface area contributed by atoms with E-state index >= 15 is 0 Å². The van der Waals surface area contributed by atoms with Crippen LogP contribution in [0, 0.1) is 0 Å². The first-order chi connectivity index (χ1) is 6.40. The third kappa shape index (κ3) is 1.78. The van der Waals surface area contributed by atoms with Crippen molar-refractivity contribution in [3.63, 3.8) is 0 Å². The van der Waals surface area contributed by atoms with E-state index in [1.165, 1.54) is 0 Å². The molecule has 4 heteroatoms. The Morgan fingerprint density at radius 2 is 2.54 bits per heavy atom. The van der Waals surface area contributed by atoms with Crippen molar-refractivity contribution in [3.8, 4) is 0 Å². The molecule has 1 aromatic heterocycles. The van der Waals surface area contributed by atoms with E-state index in [2.05, 4.69) is 21.8 Å². The van der Waals surface area contributed by atoms with Crippen LogP contribution in [0.15, 0.2) is 25.0 Å². The highest BCUT2D eigenvalue weighted by molar-refractivity contribution is 4.85. The van der Waals surface area contributed by atoms with E-state index in [-0.39, 0.29) is 0 Å². The van der Waals surface area contributed by atoms with Crippen molar-refractivity contribution in [2.75, 3.05) is 19.6 Å². The van der Waals surface area contributed by atoms with Crippen LogP contribution in [0.1, 0.15) is 12.5 Å². The lowest BCUT2D eigenvalue weighted by Gasteiger charge is -2.12. The van der Waals surface area contributed by atoms with E-state index in [1.807, 2.05) is 17.0 Å². The number of likely N-dealkylation sites (tertiary alicyclic amines) is 1. The van der Waals surface area contributed by atoms with E-state index in [9.17, 15) is 0 Å². The number of aromatic nitrogens is 3. The highest BCUT2D eigenvalue weighted by Crippen LogP contribution is 2.19. The van der Waals surface area contributed by atoms with Gasteiger partial charge in [-0.05, 0) is 6.42 Å². The van der Waals surface area contributed by atoms with Gasteiger partial charge in [0.05, 0.1) is 12.2 Å². The quantitative estimate of drug-likeness (QED) is 0.639. The van der Waals surface area contributed by atoms with Crippen LogP contribution in [0.3, 0.4) is 0 Å². The Kier molecular flexibility index (Phi) is 2.40. The average Bonchev–Trinajstić information content (AvgIpc) is 2.70. The first kappa shape index (κ1) is 8.44. The predicted molar refractivity (Wildman–Crippen MR) is 50.3 cm³/mol. The molecule has 1 aromatic rings. The molecule has 2 heterocycles. The molecular formula is C9H14N4. The van der Waals surface area contributed by atoms with Crippen LogP contribution in [0.4, 0.5) is 0 Å². The number of rotatable bonds is 3. The monoisotopic (exact) mass is 178 g/mol. The molecule has 0 amide bonds. The normalized spacial score (nSPS) is 23.5. The van der Waals surface area contributed by atoms with E-state index in [1.54, 1.807) is 6.20 Å². The van der Waals surface area contributed by atoms with Gasteiger partial charge in [0.1, 0.15) is 0 Å². The third-order valence-corrected chi connectivity index (χ3v) is 2.45. The molecule has 70 valence electrons. The molecule has 0 N–H and O–H groups in total. The maximum Gasteiger partial charge on any atom is 0.0693 e. The van der Waals surface area contributed by atoms with Gasteiger partial charge in [-0.2, -0.15) is 0 Å². The maximum absolute atomic E-state index is 4.01. The van der Waals surface area contributed by atoms with Crippen LogP contribution in [0.25, 0.3) is 0 Å². The molecule has 1 aliphatic heterocycles. The van der Waals surface area contributed by atoms with Gasteiger partial charge in [-0.1, -0.05) is 11.3 Å². The van der Waals surface area contributed by atoms with Crippen LogP contribution in [0.2, 0.25) is 0 Å². The van der Waals surface area contributed by atoms with Crippen molar-refractivity contribution in [1.29, 1.82) is 0 Å². The van der Waals surface area contributed by atoms with Crippen LogP contribution < -0.4 is 0 Å². The highest BCUT2D eigenvalue weighted by atomic mass is 15.4. The lowest BCUT2D eigenvalue weighted by molar-refractivity contribution is 0.349. The summed E-state index contributed by atoms with van der Waals surface area (Å²) in [7, 11) is 0. The predicted octanol–water partition coefficient (Wildman–Crippen LogP) is 0.711. The Morgan fingerprint density at radius 3 is 3.23 bits per heavy atom. The van der Waals surface area contributed by atoms with Crippen molar-refractivity contribution in [3.05, 3.63) is 25.0 Å². The average molecular weight is 178 g/mol. The summed E-state index contributed by atoms with van der Waals surface area (Å²) in [4.78, 5) is 2.37. The molecule has 4 nitrogen and oxygen atoms in total.